The Balaban J connectivity index is 1.21. The van der Waals surface area contributed by atoms with Crippen LogP contribution in [-0.4, -0.2) is 15.0 Å². The molecule has 0 aliphatic heterocycles. The van der Waals surface area contributed by atoms with E-state index in [2.05, 4.69) is 99.9 Å². The Labute approximate surface area is 279 Å². The molecule has 0 saturated heterocycles. The van der Waals surface area contributed by atoms with Crippen LogP contribution in [-0.2, 0) is 5.41 Å². The average Bonchev–Trinajstić information content (AvgIpc) is 3.72. The van der Waals surface area contributed by atoms with Crippen LogP contribution >= 0.6 is 22.9 Å². The van der Waals surface area contributed by atoms with E-state index in [1.54, 1.807) is 0 Å². The monoisotopic (exact) mass is 620 g/mol. The van der Waals surface area contributed by atoms with Gasteiger partial charge in [0.15, 0.2) is 11.6 Å². The predicted molar refractivity (Wildman–Crippen MR) is 186 cm³/mol. The van der Waals surface area contributed by atoms with E-state index < -0.39 is 17.5 Å². The molecule has 45 heavy (non-hydrogen) atoms. The second-order valence-corrected chi connectivity index (χ2v) is 12.2. The molecule has 2 aromatic heterocycles. The van der Waals surface area contributed by atoms with Crippen molar-refractivity contribution in [1.82, 2.24) is 15.0 Å². The first-order chi connectivity index (χ1) is 25.1. The van der Waals surface area contributed by atoms with E-state index >= 15 is 0 Å². The number of rotatable bonds is 4. The number of hydrogen-bond acceptors (Lipinski definition) is 4. The molecule has 0 N–H and O–H groups in total. The summed E-state index contributed by atoms with van der Waals surface area (Å²) in [6.07, 6.45) is 0. The summed E-state index contributed by atoms with van der Waals surface area (Å²) in [4.78, 5) is 13.4. The van der Waals surface area contributed by atoms with Crippen molar-refractivity contribution in [2.45, 2.75) is 5.41 Å². The fourth-order valence-corrected chi connectivity index (χ4v) is 7.71. The van der Waals surface area contributed by atoms with Crippen molar-refractivity contribution in [3.05, 3.63) is 173 Å². The molecule has 0 fully saturated rings. The fourth-order valence-electron chi connectivity index (χ4n) is 6.58. The van der Waals surface area contributed by atoms with Crippen molar-refractivity contribution in [2.75, 3.05) is 0 Å². The minimum absolute atomic E-state index is 0.0383. The van der Waals surface area contributed by atoms with Crippen LogP contribution < -0.4 is 0 Å². The quantitative estimate of drug-likeness (QED) is 0.196. The molecule has 6 aromatic carbocycles. The van der Waals surface area contributed by atoms with E-state index in [1.807, 2.05) is 18.2 Å². The lowest BCUT2D eigenvalue weighted by molar-refractivity contribution is 0.768. The van der Waals surface area contributed by atoms with Crippen molar-refractivity contribution in [3.8, 4) is 33.9 Å². The highest BCUT2D eigenvalue weighted by Gasteiger charge is 2.45. The van der Waals surface area contributed by atoms with E-state index in [-0.39, 0.29) is 72.9 Å². The summed E-state index contributed by atoms with van der Waals surface area (Å²) < 4.78 is 60.6. The number of nitrogens with zero attached hydrogens (tertiary/aromatic N) is 3. The van der Waals surface area contributed by atoms with Crippen LogP contribution in [0.4, 0.5) is 0 Å². The third-order valence-electron chi connectivity index (χ3n) is 8.45. The zero-order valence-corrected chi connectivity index (χ0v) is 25.0. The van der Waals surface area contributed by atoms with Crippen molar-refractivity contribution < 1.29 is 9.60 Å². The Morgan fingerprint density at radius 2 is 1.16 bits per heavy atom. The summed E-state index contributed by atoms with van der Waals surface area (Å²) in [5.74, 6) is 0.171. The number of fused-ring (bicyclic) bond motifs is 6. The Hall–Kier alpha value is -5.16. The van der Waals surface area contributed by atoms with Crippen molar-refractivity contribution >= 4 is 43.1 Å². The Morgan fingerprint density at radius 3 is 1.89 bits per heavy atom. The maximum absolute atomic E-state index is 9.13. The molecule has 1 aliphatic rings. The lowest BCUT2D eigenvalue weighted by Crippen LogP contribution is -2.28. The van der Waals surface area contributed by atoms with Crippen LogP contribution in [0.25, 0.3) is 54.1 Å². The van der Waals surface area contributed by atoms with E-state index in [4.69, 9.17) is 21.2 Å². The number of hydrogen-bond donors (Lipinski definition) is 0. The maximum Gasteiger partial charge on any atom is 0.226 e. The molecule has 0 radical (unpaired) electrons. The van der Waals surface area contributed by atoms with Gasteiger partial charge in [0.1, 0.15) is 0 Å². The summed E-state index contributed by atoms with van der Waals surface area (Å²) in [5.41, 5.74) is 6.91. The predicted octanol–water partition coefficient (Wildman–Crippen LogP) is 10.6. The smallest absolute Gasteiger partial charge is 0.208 e. The topological polar surface area (TPSA) is 38.7 Å². The van der Waals surface area contributed by atoms with Gasteiger partial charge in [0.05, 0.1) is 15.0 Å². The van der Waals surface area contributed by atoms with Crippen molar-refractivity contribution in [2.24, 2.45) is 0 Å². The van der Waals surface area contributed by atoms with Crippen LogP contribution in [0.3, 0.4) is 0 Å². The molecule has 8 aromatic rings. The van der Waals surface area contributed by atoms with Gasteiger partial charge in [-0.3, -0.25) is 0 Å². The number of halogens is 1. The fraction of sp³-hybridized carbons (Fsp3) is 0.0250. The van der Waals surface area contributed by atoms with Gasteiger partial charge in [-0.15, -0.1) is 11.3 Å². The molecule has 0 amide bonds. The second kappa shape index (κ2) is 10.2. The van der Waals surface area contributed by atoms with Crippen molar-refractivity contribution in [1.29, 1.82) is 0 Å². The molecule has 3 nitrogen and oxygen atoms in total. The molecule has 2 heterocycles. The van der Waals surface area contributed by atoms with Gasteiger partial charge in [0, 0.05) is 31.3 Å². The Kier molecular flexibility index (Phi) is 4.53. The first kappa shape index (κ1) is 20.0. The average molecular weight is 621 g/mol. The van der Waals surface area contributed by atoms with Gasteiger partial charge in [0.2, 0.25) is 5.28 Å². The summed E-state index contributed by atoms with van der Waals surface area (Å²) >= 11 is 7.47. The SMILES string of the molecule is [2H]c1c([2H])c([2H])c2c(sc3c([2H])c(-c4nc(Cl)nc(-c5ccc(C6(c7ccccc7)c7ccccc7-c7ccccc76)cc5)n4)c([2H])c([2H])c32)c1[2H]. The Bertz CT molecular complexity index is 2740. The Morgan fingerprint density at radius 1 is 0.556 bits per heavy atom. The highest BCUT2D eigenvalue weighted by molar-refractivity contribution is 7.25. The zero-order valence-electron chi connectivity index (χ0n) is 30.4. The number of aromatic nitrogens is 3. The van der Waals surface area contributed by atoms with Crippen LogP contribution in [0.2, 0.25) is 5.28 Å². The molecule has 5 heteroatoms. The minimum Gasteiger partial charge on any atom is -0.208 e. The van der Waals surface area contributed by atoms with Crippen LogP contribution in [0.5, 0.6) is 0 Å². The van der Waals surface area contributed by atoms with Gasteiger partial charge in [0.25, 0.3) is 0 Å². The summed E-state index contributed by atoms with van der Waals surface area (Å²) in [5, 5.41) is 0.105. The van der Waals surface area contributed by atoms with Gasteiger partial charge >= 0.3 is 0 Å². The van der Waals surface area contributed by atoms with Crippen LogP contribution in [0.1, 0.15) is 31.8 Å². The highest BCUT2D eigenvalue weighted by Crippen LogP contribution is 2.56. The van der Waals surface area contributed by atoms with Crippen molar-refractivity contribution in [3.63, 3.8) is 0 Å². The number of thiophene rings is 1. The largest absolute Gasteiger partial charge is 0.226 e. The van der Waals surface area contributed by atoms with Gasteiger partial charge in [-0.25, -0.2) is 4.98 Å². The van der Waals surface area contributed by atoms with E-state index in [0.717, 1.165) is 22.5 Å². The van der Waals surface area contributed by atoms with Gasteiger partial charge < -0.3 is 0 Å². The standard InChI is InChI=1S/C40H24ClN3S/c41-39-43-37(42-38(44-39)26-20-23-32-31-14-6-9-17-35(31)45-36(32)24-26)25-18-21-28(22-19-25)40(27-10-2-1-3-11-27)33-15-7-4-12-29(33)30-13-5-8-16-34(30)40/h1-24H/i6D,9D,14D,17D,20D,23D,24D. The lowest BCUT2D eigenvalue weighted by Gasteiger charge is -2.34. The molecular formula is C40H24ClN3S. The molecule has 1 aliphatic carbocycles. The maximum atomic E-state index is 9.13. The third kappa shape index (κ3) is 4.00. The summed E-state index contributed by atoms with van der Waals surface area (Å²) in [7, 11) is 0. The lowest BCUT2D eigenvalue weighted by atomic mass is 9.67. The molecular weight excluding hydrogens is 590 g/mol. The second-order valence-electron chi connectivity index (χ2n) is 10.8. The summed E-state index contributed by atoms with van der Waals surface area (Å²) in [6.45, 7) is 0. The van der Waals surface area contributed by atoms with Gasteiger partial charge in [-0.05, 0) is 57.1 Å². The minimum atomic E-state index is -0.585. The highest BCUT2D eigenvalue weighted by atomic mass is 35.5. The third-order valence-corrected chi connectivity index (χ3v) is 9.64. The molecule has 0 saturated carbocycles. The molecule has 9 rings (SSSR count). The molecule has 0 bridgehead atoms. The first-order valence-corrected chi connectivity index (χ1v) is 15.5. The van der Waals surface area contributed by atoms with E-state index in [1.165, 1.54) is 22.3 Å². The number of benzene rings is 6. The molecule has 0 unspecified atom stereocenters. The summed E-state index contributed by atoms with van der Waals surface area (Å²) in [6, 6.07) is 33.2. The van der Waals surface area contributed by atoms with E-state index in [0.29, 0.717) is 5.56 Å². The molecule has 0 spiro atoms. The van der Waals surface area contributed by atoms with Gasteiger partial charge in [-0.1, -0.05) is 133 Å². The van der Waals surface area contributed by atoms with E-state index in [9.17, 15) is 0 Å². The van der Waals surface area contributed by atoms with Gasteiger partial charge in [-0.2, -0.15) is 9.97 Å². The molecule has 0 atom stereocenters. The normalized spacial score (nSPS) is 15.4. The molecule has 212 valence electrons. The van der Waals surface area contributed by atoms with Crippen LogP contribution in [0, 0.1) is 0 Å². The zero-order chi connectivity index (χ0) is 36.1. The first-order valence-electron chi connectivity index (χ1n) is 17.8. The van der Waals surface area contributed by atoms with Crippen LogP contribution in [0.15, 0.2) is 145 Å².